The summed E-state index contributed by atoms with van der Waals surface area (Å²) in [4.78, 5) is 21.4. The van der Waals surface area contributed by atoms with Gasteiger partial charge in [0.25, 0.3) is 0 Å². The van der Waals surface area contributed by atoms with Crippen LogP contribution < -0.4 is 5.32 Å². The maximum absolute atomic E-state index is 13.5. The highest BCUT2D eigenvalue weighted by Crippen LogP contribution is 2.36. The fraction of sp³-hybridized carbons (Fsp3) is 0.333. The maximum atomic E-state index is 13.5. The van der Waals surface area contributed by atoms with Crippen molar-refractivity contribution >= 4 is 23.4 Å². The molecular formula is C18H19ClFN5O2. The highest BCUT2D eigenvalue weighted by Gasteiger charge is 2.32. The van der Waals surface area contributed by atoms with Gasteiger partial charge in [0.05, 0.1) is 12.2 Å². The van der Waals surface area contributed by atoms with Gasteiger partial charge in [0.1, 0.15) is 18.2 Å². The lowest BCUT2D eigenvalue weighted by Gasteiger charge is -2.25. The number of aryl methyl sites for hydroxylation is 1. The van der Waals surface area contributed by atoms with Crippen LogP contribution in [-0.2, 0) is 16.1 Å². The van der Waals surface area contributed by atoms with Crippen molar-refractivity contribution in [1.29, 1.82) is 0 Å². The van der Waals surface area contributed by atoms with Crippen molar-refractivity contribution in [1.82, 2.24) is 20.1 Å². The lowest BCUT2D eigenvalue weighted by Crippen LogP contribution is -2.33. The quantitative estimate of drug-likeness (QED) is 0.792. The molecule has 0 radical (unpaired) electrons. The number of hydrogen-bond donors (Lipinski definition) is 1. The predicted molar refractivity (Wildman–Crippen MR) is 98.9 cm³/mol. The molecule has 3 rings (SSSR count). The van der Waals surface area contributed by atoms with E-state index in [2.05, 4.69) is 20.4 Å². The number of rotatable bonds is 5. The van der Waals surface area contributed by atoms with Crippen LogP contribution in [0.15, 0.2) is 40.8 Å². The summed E-state index contributed by atoms with van der Waals surface area (Å²) in [7, 11) is 0. The number of carbonyl (C=O) groups excluding carboxylic acids is 1. The average Bonchev–Trinajstić information content (AvgIpc) is 3.10. The number of halogens is 2. The van der Waals surface area contributed by atoms with Crippen molar-refractivity contribution in [2.75, 3.05) is 6.61 Å². The van der Waals surface area contributed by atoms with Crippen molar-refractivity contribution in [3.05, 3.63) is 58.0 Å². The highest BCUT2D eigenvalue weighted by atomic mass is 35.5. The number of esters is 1. The molecule has 0 fully saturated rings. The molecule has 1 aromatic carbocycles. The number of allylic oxidation sites excluding steroid dienone is 1. The molecule has 142 valence electrons. The van der Waals surface area contributed by atoms with Gasteiger partial charge < -0.3 is 10.1 Å². The van der Waals surface area contributed by atoms with Gasteiger partial charge in [-0.05, 0) is 32.9 Å². The summed E-state index contributed by atoms with van der Waals surface area (Å²) in [6.45, 7) is 6.29. The molecule has 1 aliphatic heterocycles. The van der Waals surface area contributed by atoms with Crippen molar-refractivity contribution in [2.45, 2.75) is 33.4 Å². The number of nitrogens with zero attached hydrogens (tertiary/aromatic N) is 4. The number of nitrogens with one attached hydrogen (secondary N) is 1. The second kappa shape index (κ2) is 7.87. The zero-order valence-corrected chi connectivity index (χ0v) is 15.9. The number of benzene rings is 1. The Morgan fingerprint density at radius 1 is 1.41 bits per heavy atom. The predicted octanol–water partition coefficient (Wildman–Crippen LogP) is 3.02. The zero-order valence-electron chi connectivity index (χ0n) is 15.2. The minimum absolute atomic E-state index is 0.173. The van der Waals surface area contributed by atoms with Crippen LogP contribution in [0.3, 0.4) is 0 Å². The third-order valence-electron chi connectivity index (χ3n) is 4.07. The van der Waals surface area contributed by atoms with Gasteiger partial charge in [-0.3, -0.25) is 9.67 Å². The summed E-state index contributed by atoms with van der Waals surface area (Å²) in [5.74, 6) is -0.188. The van der Waals surface area contributed by atoms with Gasteiger partial charge in [-0.1, -0.05) is 17.7 Å². The Balaban J connectivity index is 2.10. The lowest BCUT2D eigenvalue weighted by atomic mass is 9.96. The standard InChI is InChI=1S/C18H19ClFN5O2/c1-4-25-9-21-16(24-25)17-22-10(3)14(18(26)27-5-2)15(23-17)12-7-6-11(20)8-13(12)19/h6-9,15H,4-5H2,1-3H3,(H,22,23). The van der Waals surface area contributed by atoms with Crippen LogP contribution in [0.2, 0.25) is 5.02 Å². The molecule has 9 heteroatoms. The molecule has 2 aromatic rings. The van der Waals surface area contributed by atoms with Gasteiger partial charge in [-0.25, -0.2) is 14.2 Å². The Labute approximate surface area is 160 Å². The third kappa shape index (κ3) is 3.85. The van der Waals surface area contributed by atoms with E-state index in [1.165, 1.54) is 18.2 Å². The first-order valence-corrected chi connectivity index (χ1v) is 8.89. The van der Waals surface area contributed by atoms with E-state index in [9.17, 15) is 9.18 Å². The Morgan fingerprint density at radius 3 is 2.81 bits per heavy atom. The average molecular weight is 392 g/mol. The fourth-order valence-electron chi connectivity index (χ4n) is 2.77. The summed E-state index contributed by atoms with van der Waals surface area (Å²) in [6, 6.07) is 3.22. The summed E-state index contributed by atoms with van der Waals surface area (Å²) < 4.78 is 20.3. The number of ether oxygens (including phenoxy) is 1. The second-order valence-corrected chi connectivity index (χ2v) is 6.26. The van der Waals surface area contributed by atoms with Crippen LogP contribution in [-0.4, -0.2) is 33.2 Å². The van der Waals surface area contributed by atoms with Crippen molar-refractivity contribution < 1.29 is 13.9 Å². The van der Waals surface area contributed by atoms with Crippen LogP contribution in [0.1, 0.15) is 38.2 Å². The molecule has 2 heterocycles. The molecule has 0 saturated heterocycles. The van der Waals surface area contributed by atoms with Crippen LogP contribution in [0.25, 0.3) is 0 Å². The van der Waals surface area contributed by atoms with E-state index >= 15 is 0 Å². The van der Waals surface area contributed by atoms with Crippen molar-refractivity contribution in [3.8, 4) is 0 Å². The topological polar surface area (TPSA) is 81.4 Å². The second-order valence-electron chi connectivity index (χ2n) is 5.85. The molecule has 1 aromatic heterocycles. The molecule has 7 nitrogen and oxygen atoms in total. The van der Waals surface area contributed by atoms with E-state index in [-0.39, 0.29) is 11.6 Å². The minimum atomic E-state index is -0.762. The normalized spacial score (nSPS) is 16.8. The van der Waals surface area contributed by atoms with E-state index in [4.69, 9.17) is 16.3 Å². The number of aromatic nitrogens is 3. The zero-order chi connectivity index (χ0) is 19.6. The van der Waals surface area contributed by atoms with Gasteiger partial charge in [0, 0.05) is 22.8 Å². The molecule has 1 atom stereocenters. The molecule has 0 bridgehead atoms. The lowest BCUT2D eigenvalue weighted by molar-refractivity contribution is -0.138. The van der Waals surface area contributed by atoms with Gasteiger partial charge in [0.15, 0.2) is 5.84 Å². The van der Waals surface area contributed by atoms with Crippen molar-refractivity contribution in [3.63, 3.8) is 0 Å². The highest BCUT2D eigenvalue weighted by molar-refractivity contribution is 6.31. The molecule has 0 aliphatic carbocycles. The van der Waals surface area contributed by atoms with E-state index in [0.717, 1.165) is 0 Å². The first kappa shape index (κ1) is 19.0. The van der Waals surface area contributed by atoms with E-state index in [0.29, 0.717) is 35.0 Å². The minimum Gasteiger partial charge on any atom is -0.463 e. The molecule has 0 amide bonds. The van der Waals surface area contributed by atoms with Gasteiger partial charge in [-0.2, -0.15) is 0 Å². The number of amidine groups is 1. The van der Waals surface area contributed by atoms with Crippen LogP contribution in [0.4, 0.5) is 4.39 Å². The van der Waals surface area contributed by atoms with Gasteiger partial charge >= 0.3 is 5.97 Å². The largest absolute Gasteiger partial charge is 0.463 e. The third-order valence-corrected chi connectivity index (χ3v) is 4.39. The first-order valence-electron chi connectivity index (χ1n) is 8.52. The smallest absolute Gasteiger partial charge is 0.338 e. The Kier molecular flexibility index (Phi) is 5.55. The molecule has 0 spiro atoms. The Morgan fingerprint density at radius 2 is 2.19 bits per heavy atom. The molecule has 27 heavy (non-hydrogen) atoms. The van der Waals surface area contributed by atoms with E-state index in [1.807, 2.05) is 6.92 Å². The number of aliphatic imine (C=N–C) groups is 1. The molecule has 0 saturated carbocycles. The van der Waals surface area contributed by atoms with Gasteiger partial charge in [-0.15, -0.1) is 5.10 Å². The molecule has 1 aliphatic rings. The van der Waals surface area contributed by atoms with E-state index in [1.54, 1.807) is 24.9 Å². The van der Waals surface area contributed by atoms with Crippen LogP contribution in [0, 0.1) is 5.82 Å². The molecular weight excluding hydrogens is 373 g/mol. The Bertz CT molecular complexity index is 938. The fourth-order valence-corrected chi connectivity index (χ4v) is 3.04. The molecule has 1 N–H and O–H groups in total. The summed E-state index contributed by atoms with van der Waals surface area (Å²) in [5, 5.41) is 7.57. The molecule has 1 unspecified atom stereocenters. The number of hydrogen-bond acceptors (Lipinski definition) is 6. The number of carbonyl (C=O) groups is 1. The van der Waals surface area contributed by atoms with Crippen molar-refractivity contribution in [2.24, 2.45) is 4.99 Å². The summed E-state index contributed by atoms with van der Waals surface area (Å²) in [6.07, 6.45) is 1.60. The first-order chi connectivity index (χ1) is 12.9. The van der Waals surface area contributed by atoms with Crippen LogP contribution >= 0.6 is 11.6 Å². The van der Waals surface area contributed by atoms with E-state index < -0.39 is 17.8 Å². The summed E-state index contributed by atoms with van der Waals surface area (Å²) >= 11 is 6.24. The monoisotopic (exact) mass is 391 g/mol. The summed E-state index contributed by atoms with van der Waals surface area (Å²) in [5.41, 5.74) is 1.36. The SMILES string of the molecule is CCOC(=O)C1=C(C)NC(c2ncn(CC)n2)=NC1c1ccc(F)cc1Cl. The van der Waals surface area contributed by atoms with Gasteiger partial charge in [0.2, 0.25) is 5.82 Å². The maximum Gasteiger partial charge on any atom is 0.338 e. The van der Waals surface area contributed by atoms with Crippen LogP contribution in [0.5, 0.6) is 0 Å². The Hall–Kier alpha value is -2.74.